The molecule has 8 heteroatoms. The molecule has 3 rings (SSSR count). The second-order valence-corrected chi connectivity index (χ2v) is 5.93. The van der Waals surface area contributed by atoms with Crippen LogP contribution in [0.25, 0.3) is 0 Å². The second kappa shape index (κ2) is 8.59. The molecule has 1 fully saturated rings. The summed E-state index contributed by atoms with van der Waals surface area (Å²) < 4.78 is 34.2. The highest BCUT2D eigenvalue weighted by Gasteiger charge is 2.34. The number of hydrogen-bond donors (Lipinski definition) is 1. The van der Waals surface area contributed by atoms with Crippen molar-refractivity contribution in [1.82, 2.24) is 4.90 Å². The SMILES string of the molecule is O=C(Nc1cccc(OC(F)F)c1)C1COCC(=O)N1Cc1ccccc1. The molecule has 1 aliphatic heterocycles. The van der Waals surface area contributed by atoms with Gasteiger partial charge in [-0.2, -0.15) is 8.78 Å². The predicted molar refractivity (Wildman–Crippen MR) is 93.3 cm³/mol. The Morgan fingerprint density at radius 2 is 2.00 bits per heavy atom. The van der Waals surface area contributed by atoms with Gasteiger partial charge in [0.25, 0.3) is 0 Å². The lowest BCUT2D eigenvalue weighted by molar-refractivity contribution is -0.154. The number of amides is 2. The number of carbonyl (C=O) groups is 2. The molecule has 142 valence electrons. The van der Waals surface area contributed by atoms with Crippen molar-refractivity contribution in [3.05, 3.63) is 60.2 Å². The highest BCUT2D eigenvalue weighted by Crippen LogP contribution is 2.21. The van der Waals surface area contributed by atoms with Crippen molar-refractivity contribution in [1.29, 1.82) is 0 Å². The number of benzene rings is 2. The first-order chi connectivity index (χ1) is 13.0. The molecule has 0 aliphatic carbocycles. The van der Waals surface area contributed by atoms with Crippen molar-refractivity contribution in [2.75, 3.05) is 18.5 Å². The quantitative estimate of drug-likeness (QED) is 0.842. The van der Waals surface area contributed by atoms with Gasteiger partial charge in [-0.25, -0.2) is 0 Å². The van der Waals surface area contributed by atoms with E-state index in [0.717, 1.165) is 5.56 Å². The van der Waals surface area contributed by atoms with Crippen LogP contribution >= 0.6 is 0 Å². The zero-order chi connectivity index (χ0) is 19.2. The summed E-state index contributed by atoms with van der Waals surface area (Å²) in [6.07, 6.45) is 0. The van der Waals surface area contributed by atoms with Gasteiger partial charge >= 0.3 is 6.61 Å². The van der Waals surface area contributed by atoms with E-state index in [0.29, 0.717) is 0 Å². The fraction of sp³-hybridized carbons (Fsp3) is 0.263. The van der Waals surface area contributed by atoms with Gasteiger partial charge in [0.15, 0.2) is 0 Å². The molecular formula is C19H18F2N2O4. The van der Waals surface area contributed by atoms with Gasteiger partial charge in [-0.05, 0) is 17.7 Å². The molecule has 1 N–H and O–H groups in total. The van der Waals surface area contributed by atoms with Crippen LogP contribution in [0.2, 0.25) is 0 Å². The monoisotopic (exact) mass is 376 g/mol. The van der Waals surface area contributed by atoms with Crippen molar-refractivity contribution < 1.29 is 27.8 Å². The topological polar surface area (TPSA) is 67.9 Å². The number of anilines is 1. The first kappa shape index (κ1) is 18.8. The smallest absolute Gasteiger partial charge is 0.387 e. The Morgan fingerprint density at radius 1 is 1.22 bits per heavy atom. The van der Waals surface area contributed by atoms with Gasteiger partial charge in [0.1, 0.15) is 18.4 Å². The summed E-state index contributed by atoms with van der Waals surface area (Å²) in [5, 5.41) is 2.62. The number of halogens is 2. The number of ether oxygens (including phenoxy) is 2. The number of rotatable bonds is 6. The molecule has 2 amide bonds. The summed E-state index contributed by atoms with van der Waals surface area (Å²) in [5.74, 6) is -0.826. The number of carbonyl (C=O) groups excluding carboxylic acids is 2. The van der Waals surface area contributed by atoms with Crippen LogP contribution in [0.15, 0.2) is 54.6 Å². The Morgan fingerprint density at radius 3 is 2.74 bits per heavy atom. The molecule has 27 heavy (non-hydrogen) atoms. The van der Waals surface area contributed by atoms with Gasteiger partial charge < -0.3 is 19.7 Å². The maximum Gasteiger partial charge on any atom is 0.387 e. The highest BCUT2D eigenvalue weighted by atomic mass is 19.3. The first-order valence-corrected chi connectivity index (χ1v) is 8.30. The lowest BCUT2D eigenvalue weighted by Crippen LogP contribution is -2.54. The van der Waals surface area contributed by atoms with E-state index in [9.17, 15) is 18.4 Å². The summed E-state index contributed by atoms with van der Waals surface area (Å²) in [5.41, 5.74) is 1.17. The van der Waals surface area contributed by atoms with E-state index < -0.39 is 18.6 Å². The van der Waals surface area contributed by atoms with Crippen LogP contribution in [0.3, 0.4) is 0 Å². The summed E-state index contributed by atoms with van der Waals surface area (Å²) in [4.78, 5) is 26.4. The van der Waals surface area contributed by atoms with Crippen LogP contribution < -0.4 is 10.1 Å². The van der Waals surface area contributed by atoms with E-state index >= 15 is 0 Å². The molecule has 1 heterocycles. The summed E-state index contributed by atoms with van der Waals surface area (Å²) in [6.45, 7) is -2.72. The van der Waals surface area contributed by atoms with Crippen molar-refractivity contribution in [3.63, 3.8) is 0 Å². The Labute approximate surface area is 154 Å². The maximum absolute atomic E-state index is 12.7. The van der Waals surface area contributed by atoms with Gasteiger partial charge in [-0.3, -0.25) is 9.59 Å². The fourth-order valence-electron chi connectivity index (χ4n) is 2.78. The Kier molecular flexibility index (Phi) is 5.97. The van der Waals surface area contributed by atoms with Crippen LogP contribution in [-0.4, -0.2) is 42.6 Å². The minimum absolute atomic E-state index is 0.0532. The lowest BCUT2D eigenvalue weighted by Gasteiger charge is -2.34. The molecule has 1 unspecified atom stereocenters. The number of alkyl halides is 2. The first-order valence-electron chi connectivity index (χ1n) is 8.30. The Balaban J connectivity index is 1.72. The molecule has 0 spiro atoms. The average Bonchev–Trinajstić information content (AvgIpc) is 2.64. The second-order valence-electron chi connectivity index (χ2n) is 5.93. The van der Waals surface area contributed by atoms with Gasteiger partial charge in [-0.15, -0.1) is 0 Å². The van der Waals surface area contributed by atoms with E-state index in [1.54, 1.807) is 6.07 Å². The van der Waals surface area contributed by atoms with Gasteiger partial charge in [0.2, 0.25) is 11.8 Å². The van der Waals surface area contributed by atoms with Crippen molar-refractivity contribution >= 4 is 17.5 Å². The molecule has 2 aromatic carbocycles. The minimum Gasteiger partial charge on any atom is -0.435 e. The van der Waals surface area contributed by atoms with Crippen molar-refractivity contribution in [3.8, 4) is 5.75 Å². The number of morpholine rings is 1. The van der Waals surface area contributed by atoms with E-state index in [1.165, 1.54) is 23.1 Å². The zero-order valence-corrected chi connectivity index (χ0v) is 14.3. The molecule has 2 aromatic rings. The standard InChI is InChI=1S/C19H18F2N2O4/c20-19(21)27-15-8-4-7-14(9-15)22-18(25)16-11-26-12-17(24)23(16)10-13-5-2-1-3-6-13/h1-9,16,19H,10-12H2,(H,22,25). The van der Waals surface area contributed by atoms with Gasteiger partial charge in [0.05, 0.1) is 6.61 Å². The number of nitrogens with zero attached hydrogens (tertiary/aromatic N) is 1. The number of hydrogen-bond acceptors (Lipinski definition) is 4. The lowest BCUT2D eigenvalue weighted by atomic mass is 10.1. The molecule has 0 aromatic heterocycles. The molecule has 1 aliphatic rings. The highest BCUT2D eigenvalue weighted by molar-refractivity contribution is 5.98. The fourth-order valence-corrected chi connectivity index (χ4v) is 2.78. The van der Waals surface area contributed by atoms with E-state index in [4.69, 9.17) is 4.74 Å². The van der Waals surface area contributed by atoms with Crippen LogP contribution in [-0.2, 0) is 20.9 Å². The third-order valence-electron chi connectivity index (χ3n) is 4.02. The Hall–Kier alpha value is -3.00. The average molecular weight is 376 g/mol. The van der Waals surface area contributed by atoms with Crippen LogP contribution in [0, 0.1) is 0 Å². The van der Waals surface area contributed by atoms with Crippen molar-refractivity contribution in [2.24, 2.45) is 0 Å². The predicted octanol–water partition coefficient (Wildman–Crippen LogP) is 2.65. The van der Waals surface area contributed by atoms with E-state index in [-0.39, 0.29) is 37.1 Å². The molecule has 1 atom stereocenters. The number of nitrogens with one attached hydrogen (secondary N) is 1. The summed E-state index contributed by atoms with van der Waals surface area (Å²) in [7, 11) is 0. The maximum atomic E-state index is 12.7. The molecule has 1 saturated heterocycles. The van der Waals surface area contributed by atoms with Gasteiger partial charge in [0, 0.05) is 18.3 Å². The Bertz CT molecular complexity index is 801. The van der Waals surface area contributed by atoms with Gasteiger partial charge in [-0.1, -0.05) is 36.4 Å². The summed E-state index contributed by atoms with van der Waals surface area (Å²) in [6, 6.07) is 14.1. The molecule has 0 saturated carbocycles. The zero-order valence-electron chi connectivity index (χ0n) is 14.3. The van der Waals surface area contributed by atoms with Crippen LogP contribution in [0.5, 0.6) is 5.75 Å². The van der Waals surface area contributed by atoms with E-state index in [1.807, 2.05) is 30.3 Å². The third-order valence-corrected chi connectivity index (χ3v) is 4.02. The normalized spacial score (nSPS) is 17.1. The molecule has 0 radical (unpaired) electrons. The van der Waals surface area contributed by atoms with Crippen LogP contribution in [0.4, 0.5) is 14.5 Å². The molecule has 6 nitrogen and oxygen atoms in total. The minimum atomic E-state index is -2.96. The molecular weight excluding hydrogens is 358 g/mol. The largest absolute Gasteiger partial charge is 0.435 e. The summed E-state index contributed by atoms with van der Waals surface area (Å²) >= 11 is 0. The van der Waals surface area contributed by atoms with Crippen molar-refractivity contribution in [2.45, 2.75) is 19.2 Å². The van der Waals surface area contributed by atoms with E-state index in [2.05, 4.69) is 10.1 Å². The molecule has 0 bridgehead atoms. The van der Waals surface area contributed by atoms with Crippen LogP contribution in [0.1, 0.15) is 5.56 Å². The third kappa shape index (κ3) is 5.01.